The zero-order valence-electron chi connectivity index (χ0n) is 18.4. The van der Waals surface area contributed by atoms with Gasteiger partial charge in [0.25, 0.3) is 5.91 Å². The van der Waals surface area contributed by atoms with Crippen molar-refractivity contribution >= 4 is 44.9 Å². The lowest BCUT2D eigenvalue weighted by Gasteiger charge is -2.22. The monoisotopic (exact) mass is 504 g/mol. The molecule has 0 spiro atoms. The SMILES string of the molecule is CCOC(=O)c1ccc(NC(=O)c2ccc(N(Cc3ccc(F)cc3)S(C)(=O)=O)cc2)c(Cl)c1. The van der Waals surface area contributed by atoms with Gasteiger partial charge in [0.05, 0.1) is 41.4 Å². The molecule has 3 aromatic carbocycles. The fourth-order valence-electron chi connectivity index (χ4n) is 3.09. The lowest BCUT2D eigenvalue weighted by molar-refractivity contribution is 0.0526. The number of nitrogens with zero attached hydrogens (tertiary/aromatic N) is 1. The molecule has 0 aromatic heterocycles. The number of rotatable bonds is 8. The Hall–Kier alpha value is -3.43. The summed E-state index contributed by atoms with van der Waals surface area (Å²) in [6, 6.07) is 15.9. The summed E-state index contributed by atoms with van der Waals surface area (Å²) < 4.78 is 43.9. The van der Waals surface area contributed by atoms with Crippen LogP contribution < -0.4 is 9.62 Å². The minimum absolute atomic E-state index is 0.00702. The van der Waals surface area contributed by atoms with Crippen LogP contribution in [0.4, 0.5) is 15.8 Å². The largest absolute Gasteiger partial charge is 0.462 e. The van der Waals surface area contributed by atoms with Gasteiger partial charge in [-0.2, -0.15) is 0 Å². The average molecular weight is 505 g/mol. The Morgan fingerprint density at radius 1 is 1.00 bits per heavy atom. The molecule has 0 bridgehead atoms. The fourth-order valence-corrected chi connectivity index (χ4v) is 4.20. The van der Waals surface area contributed by atoms with E-state index in [4.69, 9.17) is 16.3 Å². The van der Waals surface area contributed by atoms with Gasteiger partial charge in [0.15, 0.2) is 0 Å². The van der Waals surface area contributed by atoms with Gasteiger partial charge in [-0.25, -0.2) is 17.6 Å². The molecule has 0 unspecified atom stereocenters. The van der Waals surface area contributed by atoms with E-state index in [0.29, 0.717) is 16.9 Å². The number of hydrogen-bond donors (Lipinski definition) is 1. The van der Waals surface area contributed by atoms with Crippen LogP contribution in [0.5, 0.6) is 0 Å². The molecule has 0 saturated heterocycles. The summed E-state index contributed by atoms with van der Waals surface area (Å²) in [5.74, 6) is -1.41. The van der Waals surface area contributed by atoms with Gasteiger partial charge < -0.3 is 10.1 Å². The van der Waals surface area contributed by atoms with Gasteiger partial charge in [-0.1, -0.05) is 23.7 Å². The van der Waals surface area contributed by atoms with E-state index in [1.165, 1.54) is 66.7 Å². The standard InChI is InChI=1S/C24H22ClFN2O5S/c1-3-33-24(30)18-8-13-22(21(25)14-18)27-23(29)17-6-11-20(12-7-17)28(34(2,31)32)15-16-4-9-19(26)10-5-16/h4-14H,3,15H2,1-2H3,(H,27,29). The molecule has 178 valence electrons. The van der Waals surface area contributed by atoms with E-state index in [9.17, 15) is 22.4 Å². The van der Waals surface area contributed by atoms with Crippen molar-refractivity contribution < 1.29 is 27.1 Å². The van der Waals surface area contributed by atoms with Crippen LogP contribution in [0.1, 0.15) is 33.2 Å². The van der Waals surface area contributed by atoms with E-state index < -0.39 is 27.7 Å². The van der Waals surface area contributed by atoms with Crippen LogP contribution in [-0.4, -0.2) is 33.2 Å². The summed E-state index contributed by atoms with van der Waals surface area (Å²) in [5.41, 5.74) is 1.79. The number of amides is 1. The van der Waals surface area contributed by atoms with Crippen LogP contribution >= 0.6 is 11.6 Å². The number of hydrogen-bond acceptors (Lipinski definition) is 5. The highest BCUT2D eigenvalue weighted by atomic mass is 35.5. The maximum Gasteiger partial charge on any atom is 0.338 e. The quantitative estimate of drug-likeness (QED) is 0.442. The molecule has 34 heavy (non-hydrogen) atoms. The minimum atomic E-state index is -3.65. The van der Waals surface area contributed by atoms with Crippen LogP contribution in [0, 0.1) is 5.82 Å². The van der Waals surface area contributed by atoms with Crippen molar-refractivity contribution in [2.75, 3.05) is 22.5 Å². The lowest BCUT2D eigenvalue weighted by Crippen LogP contribution is -2.29. The second-order valence-electron chi connectivity index (χ2n) is 7.31. The molecule has 0 atom stereocenters. The predicted molar refractivity (Wildman–Crippen MR) is 129 cm³/mol. The second kappa shape index (κ2) is 10.7. The Kier molecular flexibility index (Phi) is 7.90. The summed E-state index contributed by atoms with van der Waals surface area (Å²) in [6.07, 6.45) is 1.07. The van der Waals surface area contributed by atoms with Crippen LogP contribution in [0.2, 0.25) is 5.02 Å². The Morgan fingerprint density at radius 3 is 2.18 bits per heavy atom. The Bertz CT molecular complexity index is 1300. The molecular weight excluding hydrogens is 483 g/mol. The van der Waals surface area contributed by atoms with E-state index in [1.54, 1.807) is 6.92 Å². The summed E-state index contributed by atoms with van der Waals surface area (Å²) in [5, 5.41) is 2.82. The molecule has 0 aliphatic rings. The second-order valence-corrected chi connectivity index (χ2v) is 9.63. The normalized spacial score (nSPS) is 11.1. The minimum Gasteiger partial charge on any atom is -0.462 e. The van der Waals surface area contributed by atoms with E-state index >= 15 is 0 Å². The van der Waals surface area contributed by atoms with Crippen molar-refractivity contribution in [1.82, 2.24) is 0 Å². The fraction of sp³-hybridized carbons (Fsp3) is 0.167. The van der Waals surface area contributed by atoms with Gasteiger partial charge in [0.2, 0.25) is 10.0 Å². The molecule has 3 rings (SSSR count). The first-order chi connectivity index (χ1) is 16.1. The zero-order chi connectivity index (χ0) is 24.9. The first-order valence-electron chi connectivity index (χ1n) is 10.2. The number of nitrogens with one attached hydrogen (secondary N) is 1. The molecule has 7 nitrogen and oxygen atoms in total. The van der Waals surface area contributed by atoms with E-state index in [1.807, 2.05) is 0 Å². The molecule has 3 aromatic rings. The number of carbonyl (C=O) groups excluding carboxylic acids is 2. The Morgan fingerprint density at radius 2 is 1.62 bits per heavy atom. The zero-order valence-corrected chi connectivity index (χ0v) is 20.0. The van der Waals surface area contributed by atoms with Crippen LogP contribution in [0.15, 0.2) is 66.7 Å². The van der Waals surface area contributed by atoms with Crippen molar-refractivity contribution in [1.29, 1.82) is 0 Å². The first-order valence-corrected chi connectivity index (χ1v) is 12.4. The molecule has 0 aliphatic carbocycles. The maximum atomic E-state index is 13.2. The van der Waals surface area contributed by atoms with Crippen molar-refractivity contribution in [2.24, 2.45) is 0 Å². The molecule has 0 radical (unpaired) electrons. The summed E-state index contributed by atoms with van der Waals surface area (Å²) >= 11 is 6.19. The number of sulfonamides is 1. The number of anilines is 2. The van der Waals surface area contributed by atoms with Gasteiger partial charge in [0.1, 0.15) is 5.82 Å². The molecule has 0 fully saturated rings. The highest BCUT2D eigenvalue weighted by Crippen LogP contribution is 2.25. The van der Waals surface area contributed by atoms with Crippen molar-refractivity contribution in [3.63, 3.8) is 0 Å². The van der Waals surface area contributed by atoms with Gasteiger partial charge >= 0.3 is 5.97 Å². The number of esters is 1. The van der Waals surface area contributed by atoms with Crippen LogP contribution in [0.25, 0.3) is 0 Å². The third-order valence-electron chi connectivity index (χ3n) is 4.79. The molecule has 0 aliphatic heterocycles. The third-order valence-corrected chi connectivity index (χ3v) is 6.24. The van der Waals surface area contributed by atoms with Crippen molar-refractivity contribution in [3.8, 4) is 0 Å². The average Bonchev–Trinajstić information content (AvgIpc) is 2.79. The van der Waals surface area contributed by atoms with Crippen molar-refractivity contribution in [3.05, 3.63) is 94.3 Å². The first kappa shape index (κ1) is 25.2. The van der Waals surface area contributed by atoms with Crippen molar-refractivity contribution in [2.45, 2.75) is 13.5 Å². The number of benzene rings is 3. The number of halogens is 2. The molecule has 1 N–H and O–H groups in total. The summed E-state index contributed by atoms with van der Waals surface area (Å²) in [4.78, 5) is 24.5. The van der Waals surface area contributed by atoms with Gasteiger partial charge in [-0.15, -0.1) is 0 Å². The molecule has 1 amide bonds. The Labute approximate surface area is 202 Å². The predicted octanol–water partition coefficient (Wildman–Crippen LogP) is 4.87. The molecule has 0 saturated carbocycles. The molecule has 0 heterocycles. The summed E-state index contributed by atoms with van der Waals surface area (Å²) in [7, 11) is -3.65. The van der Waals surface area contributed by atoms with E-state index in [-0.39, 0.29) is 29.3 Å². The summed E-state index contributed by atoms with van der Waals surface area (Å²) in [6.45, 7) is 1.93. The highest BCUT2D eigenvalue weighted by Gasteiger charge is 2.19. The molecular formula is C24H22ClFN2O5S. The molecule has 10 heteroatoms. The van der Waals surface area contributed by atoms with Gasteiger partial charge in [-0.05, 0) is 67.1 Å². The number of ether oxygens (including phenoxy) is 1. The highest BCUT2D eigenvalue weighted by molar-refractivity contribution is 7.92. The van der Waals surface area contributed by atoms with E-state index in [2.05, 4.69) is 5.32 Å². The van der Waals surface area contributed by atoms with Gasteiger partial charge in [0, 0.05) is 5.56 Å². The third kappa shape index (κ3) is 6.33. The van der Waals surface area contributed by atoms with Crippen LogP contribution in [-0.2, 0) is 21.3 Å². The smallest absolute Gasteiger partial charge is 0.338 e. The van der Waals surface area contributed by atoms with Gasteiger partial charge in [-0.3, -0.25) is 9.10 Å². The lowest BCUT2D eigenvalue weighted by atomic mass is 10.1. The Balaban J connectivity index is 1.76. The van der Waals surface area contributed by atoms with E-state index in [0.717, 1.165) is 10.6 Å². The topological polar surface area (TPSA) is 92.8 Å². The van der Waals surface area contributed by atoms with Crippen LogP contribution in [0.3, 0.4) is 0 Å². The number of carbonyl (C=O) groups is 2. The maximum absolute atomic E-state index is 13.2.